The lowest BCUT2D eigenvalue weighted by Gasteiger charge is -1.99. The Labute approximate surface area is 100 Å². The SMILES string of the molecule is COc1cc(Br)c2oc(C(=O)CN)cc2c1. The number of halogens is 1. The molecule has 0 aliphatic rings. The van der Waals surface area contributed by atoms with E-state index < -0.39 is 0 Å². The third kappa shape index (κ3) is 1.83. The molecule has 0 unspecified atom stereocenters. The molecule has 1 aromatic carbocycles. The summed E-state index contributed by atoms with van der Waals surface area (Å²) >= 11 is 3.36. The summed E-state index contributed by atoms with van der Waals surface area (Å²) in [5.41, 5.74) is 5.90. The Hall–Kier alpha value is -1.33. The molecule has 0 amide bonds. The molecule has 0 saturated heterocycles. The first kappa shape index (κ1) is 11.2. The van der Waals surface area contributed by atoms with Crippen LogP contribution in [0.2, 0.25) is 0 Å². The highest BCUT2D eigenvalue weighted by atomic mass is 79.9. The highest BCUT2D eigenvalue weighted by molar-refractivity contribution is 9.10. The van der Waals surface area contributed by atoms with Crippen molar-refractivity contribution >= 4 is 32.7 Å². The topological polar surface area (TPSA) is 65.5 Å². The normalized spacial score (nSPS) is 10.7. The minimum absolute atomic E-state index is 0.0609. The van der Waals surface area contributed by atoms with Crippen LogP contribution >= 0.6 is 15.9 Å². The lowest BCUT2D eigenvalue weighted by atomic mass is 10.2. The highest BCUT2D eigenvalue weighted by Crippen LogP contribution is 2.31. The van der Waals surface area contributed by atoms with Crippen molar-refractivity contribution in [2.75, 3.05) is 13.7 Å². The van der Waals surface area contributed by atoms with E-state index in [0.717, 1.165) is 9.86 Å². The van der Waals surface area contributed by atoms with Gasteiger partial charge in [-0.05, 0) is 34.1 Å². The molecule has 1 heterocycles. The van der Waals surface area contributed by atoms with Gasteiger partial charge < -0.3 is 14.9 Å². The quantitative estimate of drug-likeness (QED) is 0.878. The molecule has 2 N–H and O–H groups in total. The molecule has 2 rings (SSSR count). The van der Waals surface area contributed by atoms with Crippen molar-refractivity contribution in [3.8, 4) is 5.75 Å². The lowest BCUT2D eigenvalue weighted by molar-refractivity contribution is 0.0977. The number of hydrogen-bond acceptors (Lipinski definition) is 4. The number of methoxy groups -OCH3 is 1. The Morgan fingerprint density at radius 3 is 2.88 bits per heavy atom. The van der Waals surface area contributed by atoms with E-state index in [4.69, 9.17) is 14.9 Å². The van der Waals surface area contributed by atoms with Gasteiger partial charge in [0.15, 0.2) is 5.76 Å². The molecule has 0 saturated carbocycles. The zero-order valence-electron chi connectivity index (χ0n) is 8.62. The molecule has 0 radical (unpaired) electrons. The van der Waals surface area contributed by atoms with E-state index in [0.29, 0.717) is 11.3 Å². The largest absolute Gasteiger partial charge is 0.497 e. The van der Waals surface area contributed by atoms with E-state index in [9.17, 15) is 4.79 Å². The van der Waals surface area contributed by atoms with Gasteiger partial charge in [-0.2, -0.15) is 0 Å². The number of Topliss-reactive ketones (excluding diaryl/α,β-unsaturated/α-hetero) is 1. The molecule has 0 aliphatic carbocycles. The molecule has 0 atom stereocenters. The highest BCUT2D eigenvalue weighted by Gasteiger charge is 2.13. The zero-order chi connectivity index (χ0) is 11.7. The Morgan fingerprint density at radius 2 is 2.25 bits per heavy atom. The summed E-state index contributed by atoms with van der Waals surface area (Å²) in [6, 6.07) is 5.25. The number of benzene rings is 1. The summed E-state index contributed by atoms with van der Waals surface area (Å²) in [5, 5.41) is 0.808. The van der Waals surface area contributed by atoms with Crippen molar-refractivity contribution in [3.05, 3.63) is 28.4 Å². The summed E-state index contributed by atoms with van der Waals surface area (Å²) in [4.78, 5) is 11.4. The molecule has 84 valence electrons. The Balaban J connectivity index is 2.61. The molecule has 5 heteroatoms. The first-order chi connectivity index (χ1) is 7.65. The van der Waals surface area contributed by atoms with Gasteiger partial charge in [-0.25, -0.2) is 0 Å². The second kappa shape index (κ2) is 4.27. The minimum atomic E-state index is -0.220. The van der Waals surface area contributed by atoms with Crippen molar-refractivity contribution in [2.45, 2.75) is 0 Å². The second-order valence-electron chi connectivity index (χ2n) is 3.27. The lowest BCUT2D eigenvalue weighted by Crippen LogP contribution is -2.12. The number of ketones is 1. The van der Waals surface area contributed by atoms with E-state index in [1.165, 1.54) is 0 Å². The van der Waals surface area contributed by atoms with E-state index in [1.54, 1.807) is 25.3 Å². The fourth-order valence-electron chi connectivity index (χ4n) is 1.44. The maximum Gasteiger partial charge on any atom is 0.211 e. The van der Waals surface area contributed by atoms with Gasteiger partial charge in [-0.1, -0.05) is 0 Å². The maximum atomic E-state index is 11.4. The maximum absolute atomic E-state index is 11.4. The molecule has 0 fully saturated rings. The number of carbonyl (C=O) groups is 1. The van der Waals surface area contributed by atoms with Crippen molar-refractivity contribution in [1.82, 2.24) is 0 Å². The van der Waals surface area contributed by atoms with Crippen LogP contribution in [0.4, 0.5) is 0 Å². The van der Waals surface area contributed by atoms with Crippen molar-refractivity contribution in [3.63, 3.8) is 0 Å². The molecular formula is C11H10BrNO3. The van der Waals surface area contributed by atoms with Crippen LogP contribution in [0.5, 0.6) is 5.75 Å². The van der Waals surface area contributed by atoms with Crippen LogP contribution in [0.1, 0.15) is 10.6 Å². The number of carbonyl (C=O) groups excluding carboxylic acids is 1. The summed E-state index contributed by atoms with van der Waals surface area (Å²) in [5.74, 6) is 0.750. The van der Waals surface area contributed by atoms with Crippen LogP contribution in [0.25, 0.3) is 11.0 Å². The van der Waals surface area contributed by atoms with Crippen LogP contribution in [-0.2, 0) is 0 Å². The number of rotatable bonds is 3. The average molecular weight is 284 g/mol. The third-order valence-electron chi connectivity index (χ3n) is 2.24. The predicted octanol–water partition coefficient (Wildman–Crippen LogP) is 2.35. The fourth-order valence-corrected chi connectivity index (χ4v) is 1.98. The molecule has 1 aromatic heterocycles. The van der Waals surface area contributed by atoms with Crippen LogP contribution in [-0.4, -0.2) is 19.4 Å². The van der Waals surface area contributed by atoms with Gasteiger partial charge in [0.1, 0.15) is 11.3 Å². The number of furan rings is 1. The predicted molar refractivity (Wildman–Crippen MR) is 63.9 cm³/mol. The van der Waals surface area contributed by atoms with Gasteiger partial charge in [-0.3, -0.25) is 4.79 Å². The van der Waals surface area contributed by atoms with E-state index in [2.05, 4.69) is 15.9 Å². The van der Waals surface area contributed by atoms with Gasteiger partial charge in [-0.15, -0.1) is 0 Å². The van der Waals surface area contributed by atoms with Gasteiger partial charge in [0.25, 0.3) is 0 Å². The molecule has 16 heavy (non-hydrogen) atoms. The van der Waals surface area contributed by atoms with Gasteiger partial charge in [0, 0.05) is 5.39 Å². The fraction of sp³-hybridized carbons (Fsp3) is 0.182. The van der Waals surface area contributed by atoms with Gasteiger partial charge >= 0.3 is 0 Å². The smallest absolute Gasteiger partial charge is 0.211 e. The first-order valence-electron chi connectivity index (χ1n) is 4.66. The van der Waals surface area contributed by atoms with E-state index >= 15 is 0 Å². The van der Waals surface area contributed by atoms with Crippen LogP contribution < -0.4 is 10.5 Å². The summed E-state index contributed by atoms with van der Waals surface area (Å²) < 4.78 is 11.3. The van der Waals surface area contributed by atoms with E-state index in [1.807, 2.05) is 0 Å². The van der Waals surface area contributed by atoms with Crippen LogP contribution in [0.15, 0.2) is 27.1 Å². The van der Waals surface area contributed by atoms with Crippen LogP contribution in [0, 0.1) is 0 Å². The third-order valence-corrected chi connectivity index (χ3v) is 2.83. The Morgan fingerprint density at radius 1 is 1.50 bits per heavy atom. The monoisotopic (exact) mass is 283 g/mol. The van der Waals surface area contributed by atoms with Gasteiger partial charge in [0.2, 0.25) is 5.78 Å². The van der Waals surface area contributed by atoms with Crippen molar-refractivity contribution < 1.29 is 13.9 Å². The molecule has 4 nitrogen and oxygen atoms in total. The Kier molecular flexibility index (Phi) is 2.98. The molecule has 0 spiro atoms. The number of nitrogens with two attached hydrogens (primary N) is 1. The van der Waals surface area contributed by atoms with Crippen molar-refractivity contribution in [2.24, 2.45) is 5.73 Å². The Bertz CT molecular complexity index is 547. The molecule has 0 aliphatic heterocycles. The molecular weight excluding hydrogens is 274 g/mol. The average Bonchev–Trinajstić information content (AvgIpc) is 2.72. The minimum Gasteiger partial charge on any atom is -0.497 e. The summed E-state index contributed by atoms with van der Waals surface area (Å²) in [6.45, 7) is -0.0609. The number of fused-ring (bicyclic) bond motifs is 1. The summed E-state index contributed by atoms with van der Waals surface area (Å²) in [7, 11) is 1.58. The first-order valence-corrected chi connectivity index (χ1v) is 5.45. The van der Waals surface area contributed by atoms with Crippen molar-refractivity contribution in [1.29, 1.82) is 0 Å². The zero-order valence-corrected chi connectivity index (χ0v) is 10.2. The molecule has 2 aromatic rings. The van der Waals surface area contributed by atoms with Crippen LogP contribution in [0.3, 0.4) is 0 Å². The second-order valence-corrected chi connectivity index (χ2v) is 4.12. The van der Waals surface area contributed by atoms with E-state index in [-0.39, 0.29) is 18.1 Å². The number of ether oxygens (including phenoxy) is 1. The summed E-state index contributed by atoms with van der Waals surface area (Å²) in [6.07, 6.45) is 0. The molecule has 0 bridgehead atoms. The number of hydrogen-bond donors (Lipinski definition) is 1. The standard InChI is InChI=1S/C11H10BrNO3/c1-15-7-2-6-3-10(9(14)5-13)16-11(6)8(12)4-7/h2-4H,5,13H2,1H3. The van der Waals surface area contributed by atoms with Gasteiger partial charge in [0.05, 0.1) is 18.1 Å².